The van der Waals surface area contributed by atoms with Crippen molar-refractivity contribution >= 4 is 11.9 Å². The van der Waals surface area contributed by atoms with Crippen LogP contribution in [0, 0.1) is 17.8 Å². The van der Waals surface area contributed by atoms with Gasteiger partial charge in [-0.15, -0.1) is 0 Å². The second-order valence-electron chi connectivity index (χ2n) is 6.39. The van der Waals surface area contributed by atoms with Crippen molar-refractivity contribution in [2.24, 2.45) is 17.8 Å². The van der Waals surface area contributed by atoms with Crippen molar-refractivity contribution in [3.63, 3.8) is 0 Å². The van der Waals surface area contributed by atoms with Crippen molar-refractivity contribution in [3.05, 3.63) is 18.0 Å². The predicted octanol–water partition coefficient (Wildman–Crippen LogP) is 1.52. The maximum Gasteiger partial charge on any atom is 0.325 e. The van der Waals surface area contributed by atoms with Gasteiger partial charge in [-0.1, -0.05) is 6.42 Å². The second-order valence-corrected chi connectivity index (χ2v) is 6.39. The van der Waals surface area contributed by atoms with E-state index in [1.807, 2.05) is 0 Å². The zero-order valence-electron chi connectivity index (χ0n) is 12.2. The molecule has 0 aliphatic heterocycles. The summed E-state index contributed by atoms with van der Waals surface area (Å²) in [5.41, 5.74) is 0.284. The molecule has 1 aromatic heterocycles. The van der Waals surface area contributed by atoms with E-state index in [0.717, 1.165) is 11.8 Å². The topological polar surface area (TPSA) is 84.2 Å². The number of nitrogens with zero attached hydrogens (tertiary/aromatic N) is 2. The highest BCUT2D eigenvalue weighted by Crippen LogP contribution is 2.49. The number of carboxylic acid groups (broad SMARTS) is 1. The molecule has 6 heteroatoms. The van der Waals surface area contributed by atoms with Crippen molar-refractivity contribution in [3.8, 4) is 0 Å². The van der Waals surface area contributed by atoms with Crippen LogP contribution < -0.4 is 5.32 Å². The number of hydrogen-bond donors (Lipinski definition) is 2. The SMILES string of the molecule is CC(NC(=O)c1ccn(CC(=O)O)n1)C1CC2CCC1C2. The fourth-order valence-electron chi connectivity index (χ4n) is 4.00. The fourth-order valence-corrected chi connectivity index (χ4v) is 4.00. The van der Waals surface area contributed by atoms with Gasteiger partial charge in [0.1, 0.15) is 12.2 Å². The molecule has 0 saturated heterocycles. The number of rotatable bonds is 5. The summed E-state index contributed by atoms with van der Waals surface area (Å²) in [7, 11) is 0. The standard InChI is InChI=1S/C15H21N3O3/c1-9(12-7-10-2-3-11(12)6-10)16-15(21)13-4-5-18(17-13)8-14(19)20/h4-5,9-12H,2-3,6-8H2,1H3,(H,16,21)(H,19,20). The van der Waals surface area contributed by atoms with E-state index in [0.29, 0.717) is 5.92 Å². The van der Waals surface area contributed by atoms with E-state index in [1.54, 1.807) is 6.07 Å². The molecular weight excluding hydrogens is 270 g/mol. The summed E-state index contributed by atoms with van der Waals surface area (Å²) in [6.45, 7) is 1.84. The number of carbonyl (C=O) groups excluding carboxylic acids is 1. The van der Waals surface area contributed by atoms with Gasteiger partial charge < -0.3 is 10.4 Å². The van der Waals surface area contributed by atoms with E-state index in [4.69, 9.17) is 5.11 Å². The van der Waals surface area contributed by atoms with Crippen LogP contribution in [-0.2, 0) is 11.3 Å². The molecule has 2 saturated carbocycles. The van der Waals surface area contributed by atoms with Crippen LogP contribution in [0.15, 0.2) is 12.3 Å². The Kier molecular flexibility index (Phi) is 3.69. The molecule has 6 nitrogen and oxygen atoms in total. The Morgan fingerprint density at radius 2 is 2.29 bits per heavy atom. The molecule has 2 aliphatic rings. The Morgan fingerprint density at radius 3 is 2.90 bits per heavy atom. The highest BCUT2D eigenvalue weighted by atomic mass is 16.4. The zero-order valence-corrected chi connectivity index (χ0v) is 12.2. The molecule has 2 aliphatic carbocycles. The van der Waals surface area contributed by atoms with Gasteiger partial charge in [-0.2, -0.15) is 5.10 Å². The zero-order chi connectivity index (χ0) is 15.0. The van der Waals surface area contributed by atoms with E-state index < -0.39 is 5.97 Å². The van der Waals surface area contributed by atoms with Gasteiger partial charge in [0.05, 0.1) is 0 Å². The first-order valence-corrected chi connectivity index (χ1v) is 7.59. The molecular formula is C15H21N3O3. The molecule has 0 spiro atoms. The van der Waals surface area contributed by atoms with Crippen LogP contribution in [0.1, 0.15) is 43.1 Å². The van der Waals surface area contributed by atoms with Gasteiger partial charge in [-0.3, -0.25) is 14.3 Å². The first kappa shape index (κ1) is 14.1. The molecule has 2 fully saturated rings. The highest BCUT2D eigenvalue weighted by Gasteiger charge is 2.42. The Bertz CT molecular complexity index is 554. The minimum absolute atomic E-state index is 0.150. The quantitative estimate of drug-likeness (QED) is 0.861. The Balaban J connectivity index is 1.58. The molecule has 1 amide bonds. The molecule has 21 heavy (non-hydrogen) atoms. The molecule has 2 N–H and O–H groups in total. The predicted molar refractivity (Wildman–Crippen MR) is 75.7 cm³/mol. The number of amides is 1. The minimum atomic E-state index is -0.972. The minimum Gasteiger partial charge on any atom is -0.480 e. The molecule has 0 radical (unpaired) electrons. The van der Waals surface area contributed by atoms with Gasteiger partial charge in [-0.25, -0.2) is 0 Å². The lowest BCUT2D eigenvalue weighted by Crippen LogP contribution is -2.40. The number of nitrogens with one attached hydrogen (secondary N) is 1. The van der Waals surface area contributed by atoms with Crippen LogP contribution in [0.4, 0.5) is 0 Å². The second kappa shape index (κ2) is 5.50. The van der Waals surface area contributed by atoms with E-state index in [1.165, 1.54) is 36.6 Å². The van der Waals surface area contributed by atoms with Gasteiger partial charge in [0.15, 0.2) is 0 Å². The summed E-state index contributed by atoms with van der Waals surface area (Å²) in [6, 6.07) is 1.71. The van der Waals surface area contributed by atoms with Crippen LogP contribution in [0.3, 0.4) is 0 Å². The van der Waals surface area contributed by atoms with E-state index >= 15 is 0 Å². The Hall–Kier alpha value is -1.85. The maximum absolute atomic E-state index is 12.2. The Labute approximate surface area is 123 Å². The lowest BCUT2D eigenvalue weighted by molar-refractivity contribution is -0.137. The van der Waals surface area contributed by atoms with Crippen LogP contribution >= 0.6 is 0 Å². The van der Waals surface area contributed by atoms with Crippen LogP contribution in [-0.4, -0.2) is 32.8 Å². The monoisotopic (exact) mass is 291 g/mol. The van der Waals surface area contributed by atoms with E-state index in [2.05, 4.69) is 17.3 Å². The highest BCUT2D eigenvalue weighted by molar-refractivity contribution is 5.92. The largest absolute Gasteiger partial charge is 0.480 e. The molecule has 1 heterocycles. The van der Waals surface area contributed by atoms with Crippen molar-refractivity contribution in [1.29, 1.82) is 0 Å². The first-order valence-electron chi connectivity index (χ1n) is 7.59. The third-order valence-electron chi connectivity index (χ3n) is 4.96. The summed E-state index contributed by atoms with van der Waals surface area (Å²) in [6.07, 6.45) is 6.70. The summed E-state index contributed by atoms with van der Waals surface area (Å²) < 4.78 is 1.26. The first-order chi connectivity index (χ1) is 10.0. The maximum atomic E-state index is 12.2. The number of carboxylic acids is 1. The van der Waals surface area contributed by atoms with Gasteiger partial charge >= 0.3 is 5.97 Å². The lowest BCUT2D eigenvalue weighted by atomic mass is 9.84. The number of aromatic nitrogens is 2. The van der Waals surface area contributed by atoms with Gasteiger partial charge in [0.2, 0.25) is 0 Å². The molecule has 1 aromatic rings. The molecule has 114 valence electrons. The number of carbonyl (C=O) groups is 2. The average Bonchev–Trinajstić information content (AvgIpc) is 3.12. The molecule has 4 atom stereocenters. The fraction of sp³-hybridized carbons (Fsp3) is 0.667. The molecule has 4 unspecified atom stereocenters. The van der Waals surface area contributed by atoms with Crippen molar-refractivity contribution in [2.75, 3.05) is 0 Å². The molecule has 3 rings (SSSR count). The molecule has 0 aromatic carbocycles. The van der Waals surface area contributed by atoms with Crippen LogP contribution in [0.25, 0.3) is 0 Å². The van der Waals surface area contributed by atoms with Crippen LogP contribution in [0.2, 0.25) is 0 Å². The summed E-state index contributed by atoms with van der Waals surface area (Å²) in [5.74, 6) is 1.01. The number of hydrogen-bond acceptors (Lipinski definition) is 3. The van der Waals surface area contributed by atoms with Gasteiger partial charge in [0.25, 0.3) is 5.91 Å². The molecule has 2 bridgehead atoms. The van der Waals surface area contributed by atoms with Crippen LogP contribution in [0.5, 0.6) is 0 Å². The van der Waals surface area contributed by atoms with Crippen molar-refractivity contribution in [1.82, 2.24) is 15.1 Å². The normalized spacial score (nSPS) is 28.5. The number of fused-ring (bicyclic) bond motifs is 2. The summed E-state index contributed by atoms with van der Waals surface area (Å²) >= 11 is 0. The summed E-state index contributed by atoms with van der Waals surface area (Å²) in [5, 5.41) is 15.7. The smallest absolute Gasteiger partial charge is 0.325 e. The van der Waals surface area contributed by atoms with E-state index in [9.17, 15) is 9.59 Å². The number of aliphatic carboxylic acids is 1. The van der Waals surface area contributed by atoms with Gasteiger partial charge in [-0.05, 0) is 50.0 Å². The summed E-state index contributed by atoms with van der Waals surface area (Å²) in [4.78, 5) is 22.8. The van der Waals surface area contributed by atoms with E-state index in [-0.39, 0.29) is 24.2 Å². The van der Waals surface area contributed by atoms with Crippen molar-refractivity contribution in [2.45, 2.75) is 45.2 Å². The average molecular weight is 291 g/mol. The third kappa shape index (κ3) is 2.94. The third-order valence-corrected chi connectivity index (χ3v) is 4.96. The van der Waals surface area contributed by atoms with Crippen molar-refractivity contribution < 1.29 is 14.7 Å². The Morgan fingerprint density at radius 1 is 1.48 bits per heavy atom. The van der Waals surface area contributed by atoms with Gasteiger partial charge in [0, 0.05) is 12.2 Å². The lowest BCUT2D eigenvalue weighted by Gasteiger charge is -2.28.